The van der Waals surface area contributed by atoms with E-state index in [0.717, 1.165) is 13.0 Å². The summed E-state index contributed by atoms with van der Waals surface area (Å²) in [7, 11) is 1.55. The number of hydrogen-bond donors (Lipinski definition) is 2. The van der Waals surface area contributed by atoms with Crippen LogP contribution in [0, 0.1) is 0 Å². The van der Waals surface area contributed by atoms with Crippen LogP contribution in [0.4, 0.5) is 0 Å². The highest BCUT2D eigenvalue weighted by Gasteiger charge is 2.35. The van der Waals surface area contributed by atoms with Crippen molar-refractivity contribution in [1.82, 2.24) is 10.2 Å². The van der Waals surface area contributed by atoms with Crippen molar-refractivity contribution in [3.05, 3.63) is 0 Å². The Morgan fingerprint density at radius 3 is 2.94 bits per heavy atom. The van der Waals surface area contributed by atoms with Crippen LogP contribution >= 0.6 is 0 Å². The predicted octanol–water partition coefficient (Wildman–Crippen LogP) is -0.653. The van der Waals surface area contributed by atoms with Gasteiger partial charge in [0.05, 0.1) is 18.8 Å². The molecule has 0 bridgehead atoms. The van der Waals surface area contributed by atoms with Gasteiger partial charge in [0.2, 0.25) is 5.91 Å². The van der Waals surface area contributed by atoms with Gasteiger partial charge < -0.3 is 20.1 Å². The Labute approximate surface area is 95.8 Å². The van der Waals surface area contributed by atoms with Crippen LogP contribution in [-0.2, 0) is 9.53 Å². The maximum absolute atomic E-state index is 11.9. The molecule has 1 saturated heterocycles. The molecule has 2 atom stereocenters. The Morgan fingerprint density at radius 2 is 2.31 bits per heavy atom. The van der Waals surface area contributed by atoms with E-state index in [0.29, 0.717) is 12.6 Å². The number of methoxy groups -OCH3 is 1. The fourth-order valence-electron chi connectivity index (χ4n) is 2.11. The highest BCUT2D eigenvalue weighted by Crippen LogP contribution is 2.22. The third kappa shape index (κ3) is 2.93. The Kier molecular flexibility index (Phi) is 3.78. The highest BCUT2D eigenvalue weighted by atomic mass is 16.5. The average Bonchev–Trinajstić information content (AvgIpc) is 2.99. The van der Waals surface area contributed by atoms with E-state index in [1.807, 2.05) is 0 Å². The second-order valence-corrected chi connectivity index (χ2v) is 4.68. The number of carbonyl (C=O) groups excluding carboxylic acids is 1. The molecule has 0 aromatic rings. The van der Waals surface area contributed by atoms with Gasteiger partial charge in [-0.15, -0.1) is 0 Å². The van der Waals surface area contributed by atoms with Crippen molar-refractivity contribution in [2.45, 2.75) is 37.5 Å². The Bertz CT molecular complexity index is 256. The molecular formula is C11H20N2O3. The molecule has 2 unspecified atom stereocenters. The standard InChI is InChI=1S/C11H20N2O3/c1-16-7-9(14)6-13-5-4-10(11(13)15)12-8-2-3-8/h8-10,12,14H,2-7H2,1H3. The van der Waals surface area contributed by atoms with Gasteiger partial charge in [-0.05, 0) is 19.3 Å². The van der Waals surface area contributed by atoms with E-state index >= 15 is 0 Å². The summed E-state index contributed by atoms with van der Waals surface area (Å²) >= 11 is 0. The first-order chi connectivity index (χ1) is 7.70. The normalized spacial score (nSPS) is 27.5. The number of amides is 1. The van der Waals surface area contributed by atoms with Gasteiger partial charge in [-0.2, -0.15) is 0 Å². The molecule has 0 aromatic carbocycles. The lowest BCUT2D eigenvalue weighted by molar-refractivity contribution is -0.131. The lowest BCUT2D eigenvalue weighted by Gasteiger charge is -2.20. The number of nitrogens with zero attached hydrogens (tertiary/aromatic N) is 1. The van der Waals surface area contributed by atoms with Gasteiger partial charge in [-0.1, -0.05) is 0 Å². The molecule has 1 amide bonds. The minimum absolute atomic E-state index is 0.0257. The number of β-amino-alcohol motifs (C(OH)–C–C–N with tert-alkyl or cyclic N) is 1. The maximum atomic E-state index is 11.9. The number of aliphatic hydroxyl groups is 1. The minimum Gasteiger partial charge on any atom is -0.389 e. The number of aliphatic hydroxyl groups excluding tert-OH is 1. The van der Waals surface area contributed by atoms with Crippen LogP contribution in [0.25, 0.3) is 0 Å². The number of ether oxygens (including phenoxy) is 1. The van der Waals surface area contributed by atoms with Gasteiger partial charge in [0.1, 0.15) is 0 Å². The zero-order valence-electron chi connectivity index (χ0n) is 9.69. The van der Waals surface area contributed by atoms with Crippen LogP contribution in [0.5, 0.6) is 0 Å². The molecular weight excluding hydrogens is 208 g/mol. The number of carbonyl (C=O) groups is 1. The molecule has 5 heteroatoms. The first kappa shape index (κ1) is 11.8. The molecule has 1 aliphatic heterocycles. The second kappa shape index (κ2) is 5.12. The molecule has 16 heavy (non-hydrogen) atoms. The Morgan fingerprint density at radius 1 is 1.56 bits per heavy atom. The van der Waals surface area contributed by atoms with Crippen LogP contribution in [0.15, 0.2) is 0 Å². The predicted molar refractivity (Wildman–Crippen MR) is 59.0 cm³/mol. The second-order valence-electron chi connectivity index (χ2n) is 4.68. The molecule has 2 N–H and O–H groups in total. The van der Waals surface area contributed by atoms with Gasteiger partial charge in [-0.25, -0.2) is 0 Å². The van der Waals surface area contributed by atoms with Gasteiger partial charge in [-0.3, -0.25) is 4.79 Å². The van der Waals surface area contributed by atoms with Gasteiger partial charge in [0.25, 0.3) is 0 Å². The van der Waals surface area contributed by atoms with E-state index in [4.69, 9.17) is 4.74 Å². The van der Waals surface area contributed by atoms with Crippen molar-refractivity contribution in [2.24, 2.45) is 0 Å². The van der Waals surface area contributed by atoms with E-state index in [1.165, 1.54) is 12.8 Å². The molecule has 5 nitrogen and oxygen atoms in total. The average molecular weight is 228 g/mol. The first-order valence-electron chi connectivity index (χ1n) is 5.92. The van der Waals surface area contributed by atoms with Crippen molar-refractivity contribution in [2.75, 3.05) is 26.8 Å². The van der Waals surface area contributed by atoms with Gasteiger partial charge in [0, 0.05) is 26.2 Å². The summed E-state index contributed by atoms with van der Waals surface area (Å²) in [6, 6.07) is 0.528. The van der Waals surface area contributed by atoms with Crippen LogP contribution < -0.4 is 5.32 Å². The number of rotatable bonds is 6. The van der Waals surface area contributed by atoms with Crippen molar-refractivity contribution < 1.29 is 14.6 Å². The van der Waals surface area contributed by atoms with Crippen LogP contribution in [0.3, 0.4) is 0 Å². The molecule has 0 aromatic heterocycles. The summed E-state index contributed by atoms with van der Waals surface area (Å²) in [6.45, 7) is 1.41. The van der Waals surface area contributed by atoms with Crippen LogP contribution in [0.1, 0.15) is 19.3 Å². The van der Waals surface area contributed by atoms with Gasteiger partial charge in [0.15, 0.2) is 0 Å². The third-order valence-corrected chi connectivity index (χ3v) is 3.10. The lowest BCUT2D eigenvalue weighted by Crippen LogP contribution is -2.42. The Hall–Kier alpha value is -0.650. The fourth-order valence-corrected chi connectivity index (χ4v) is 2.11. The first-order valence-corrected chi connectivity index (χ1v) is 5.92. The van der Waals surface area contributed by atoms with Crippen molar-refractivity contribution in [3.63, 3.8) is 0 Å². The van der Waals surface area contributed by atoms with E-state index < -0.39 is 6.10 Å². The largest absolute Gasteiger partial charge is 0.389 e. The third-order valence-electron chi connectivity index (χ3n) is 3.10. The van der Waals surface area contributed by atoms with E-state index in [1.54, 1.807) is 12.0 Å². The minimum atomic E-state index is -0.575. The lowest BCUT2D eigenvalue weighted by atomic mass is 10.2. The summed E-state index contributed by atoms with van der Waals surface area (Å²) in [5, 5.41) is 12.9. The SMILES string of the molecule is COCC(O)CN1CCC(NC2CC2)C1=O. The van der Waals surface area contributed by atoms with E-state index in [-0.39, 0.29) is 18.6 Å². The van der Waals surface area contributed by atoms with E-state index in [9.17, 15) is 9.90 Å². The molecule has 2 fully saturated rings. The zero-order valence-corrected chi connectivity index (χ0v) is 9.69. The molecule has 2 aliphatic rings. The number of hydrogen-bond acceptors (Lipinski definition) is 4. The van der Waals surface area contributed by atoms with Crippen LogP contribution in [0.2, 0.25) is 0 Å². The summed E-state index contributed by atoms with van der Waals surface area (Å²) in [6.07, 6.45) is 2.66. The summed E-state index contributed by atoms with van der Waals surface area (Å²) in [5.74, 6) is 0.127. The molecule has 1 saturated carbocycles. The van der Waals surface area contributed by atoms with Gasteiger partial charge >= 0.3 is 0 Å². The summed E-state index contributed by atoms with van der Waals surface area (Å²) in [4.78, 5) is 13.6. The molecule has 1 heterocycles. The summed E-state index contributed by atoms with van der Waals surface area (Å²) in [5.41, 5.74) is 0. The molecule has 92 valence electrons. The van der Waals surface area contributed by atoms with E-state index in [2.05, 4.69) is 5.32 Å². The Balaban J connectivity index is 1.76. The molecule has 0 spiro atoms. The van der Waals surface area contributed by atoms with Crippen molar-refractivity contribution in [3.8, 4) is 0 Å². The van der Waals surface area contributed by atoms with Crippen LogP contribution in [-0.4, -0.2) is 60.9 Å². The zero-order chi connectivity index (χ0) is 11.5. The molecule has 0 radical (unpaired) electrons. The topological polar surface area (TPSA) is 61.8 Å². The maximum Gasteiger partial charge on any atom is 0.239 e. The van der Waals surface area contributed by atoms with Crippen molar-refractivity contribution in [1.29, 1.82) is 0 Å². The quantitative estimate of drug-likeness (QED) is 0.634. The highest BCUT2D eigenvalue weighted by molar-refractivity contribution is 5.84. The number of likely N-dealkylation sites (tertiary alicyclic amines) is 1. The molecule has 1 aliphatic carbocycles. The summed E-state index contributed by atoms with van der Waals surface area (Å²) < 4.78 is 4.85. The smallest absolute Gasteiger partial charge is 0.239 e. The monoisotopic (exact) mass is 228 g/mol. The molecule has 2 rings (SSSR count). The number of nitrogens with one attached hydrogen (secondary N) is 1. The fraction of sp³-hybridized carbons (Fsp3) is 0.909. The van der Waals surface area contributed by atoms with Crippen molar-refractivity contribution >= 4 is 5.91 Å².